The van der Waals surface area contributed by atoms with Crippen LogP contribution in [-0.4, -0.2) is 32.1 Å². The van der Waals surface area contributed by atoms with Crippen LogP contribution < -0.4 is 5.69 Å². The molecule has 2 unspecified atom stereocenters. The Morgan fingerprint density at radius 2 is 2.05 bits per heavy atom. The van der Waals surface area contributed by atoms with Gasteiger partial charge >= 0.3 is 11.7 Å². The van der Waals surface area contributed by atoms with Crippen molar-refractivity contribution in [2.75, 3.05) is 6.26 Å². The second kappa shape index (κ2) is 6.64. The second-order valence-electron chi connectivity index (χ2n) is 5.61. The van der Waals surface area contributed by atoms with Gasteiger partial charge in [-0.3, -0.25) is 9.36 Å². The number of carboxylic acid groups (broad SMARTS) is 1. The van der Waals surface area contributed by atoms with Gasteiger partial charge in [-0.05, 0) is 32.9 Å². The Morgan fingerprint density at radius 3 is 2.67 bits per heavy atom. The van der Waals surface area contributed by atoms with Crippen LogP contribution in [0.1, 0.15) is 48.7 Å². The van der Waals surface area contributed by atoms with Gasteiger partial charge in [0.25, 0.3) is 0 Å². The predicted octanol–water partition coefficient (Wildman–Crippen LogP) is 2.33. The fourth-order valence-corrected chi connectivity index (χ4v) is 4.24. The van der Waals surface area contributed by atoms with Gasteiger partial charge in [-0.15, -0.1) is 0 Å². The molecule has 1 aliphatic carbocycles. The van der Waals surface area contributed by atoms with Crippen LogP contribution in [-0.2, 0) is 11.2 Å². The zero-order valence-corrected chi connectivity index (χ0v) is 13.6. The molecular weight excluding hydrogens is 288 g/mol. The number of rotatable bonds is 4. The van der Waals surface area contributed by atoms with Crippen LogP contribution in [0.3, 0.4) is 0 Å². The molecule has 1 heterocycles. The van der Waals surface area contributed by atoms with Gasteiger partial charge in [0, 0.05) is 22.2 Å². The van der Waals surface area contributed by atoms with E-state index in [1.807, 2.05) is 6.92 Å². The molecule has 1 N–H and O–H groups in total. The van der Waals surface area contributed by atoms with E-state index >= 15 is 0 Å². The summed E-state index contributed by atoms with van der Waals surface area (Å²) in [6.45, 7) is 3.56. The third-order valence-electron chi connectivity index (χ3n) is 4.33. The Kier molecular flexibility index (Phi) is 5.08. The molecule has 6 heteroatoms. The lowest BCUT2D eigenvalue weighted by Crippen LogP contribution is -2.37. The Labute approximate surface area is 128 Å². The van der Waals surface area contributed by atoms with Gasteiger partial charge in [0.15, 0.2) is 0 Å². The van der Waals surface area contributed by atoms with Crippen LogP contribution in [0.15, 0.2) is 4.79 Å². The van der Waals surface area contributed by atoms with E-state index in [4.69, 9.17) is 5.11 Å². The lowest BCUT2D eigenvalue weighted by Gasteiger charge is -2.33. The number of aryl methyl sites for hydroxylation is 1. The molecule has 1 aliphatic rings. The first-order valence-electron chi connectivity index (χ1n) is 7.29. The first-order chi connectivity index (χ1) is 9.95. The first kappa shape index (κ1) is 16.1. The minimum atomic E-state index is -0.891. The van der Waals surface area contributed by atoms with Gasteiger partial charge in [-0.25, -0.2) is 4.79 Å². The summed E-state index contributed by atoms with van der Waals surface area (Å²) >= 11 is 1.79. The SMILES string of the molecule is CSC1CCCCC1n1c(C)c(CC(=O)O)c(C)nc1=O. The molecule has 2 atom stereocenters. The van der Waals surface area contributed by atoms with Crippen LogP contribution >= 0.6 is 11.8 Å². The van der Waals surface area contributed by atoms with Crippen molar-refractivity contribution in [2.24, 2.45) is 0 Å². The molecule has 2 rings (SSSR count). The average Bonchev–Trinajstić information content (AvgIpc) is 2.43. The largest absolute Gasteiger partial charge is 0.481 e. The number of nitrogens with zero attached hydrogens (tertiary/aromatic N) is 2. The summed E-state index contributed by atoms with van der Waals surface area (Å²) in [7, 11) is 0. The van der Waals surface area contributed by atoms with Gasteiger partial charge in [-0.2, -0.15) is 16.7 Å². The molecule has 116 valence electrons. The van der Waals surface area contributed by atoms with E-state index in [1.54, 1.807) is 23.3 Å². The van der Waals surface area contributed by atoms with Gasteiger partial charge in [0.05, 0.1) is 12.5 Å². The molecule has 0 bridgehead atoms. The molecular formula is C15H22N2O3S. The van der Waals surface area contributed by atoms with E-state index in [2.05, 4.69) is 11.2 Å². The van der Waals surface area contributed by atoms with Crippen molar-refractivity contribution in [3.8, 4) is 0 Å². The number of aromatic nitrogens is 2. The lowest BCUT2D eigenvalue weighted by atomic mass is 9.94. The molecule has 0 spiro atoms. The van der Waals surface area contributed by atoms with Crippen molar-refractivity contribution in [2.45, 2.75) is 57.2 Å². The van der Waals surface area contributed by atoms with E-state index in [0.29, 0.717) is 16.5 Å². The van der Waals surface area contributed by atoms with Gasteiger partial charge in [-0.1, -0.05) is 12.8 Å². The highest BCUT2D eigenvalue weighted by Gasteiger charge is 2.29. The number of thioether (sulfide) groups is 1. The maximum absolute atomic E-state index is 12.4. The fraction of sp³-hybridized carbons (Fsp3) is 0.667. The molecule has 0 aromatic carbocycles. The second-order valence-corrected chi connectivity index (χ2v) is 6.69. The number of carboxylic acids is 1. The number of hydrogen-bond acceptors (Lipinski definition) is 4. The maximum atomic E-state index is 12.4. The number of aliphatic carboxylic acids is 1. The summed E-state index contributed by atoms with van der Waals surface area (Å²) in [5.74, 6) is -0.891. The highest BCUT2D eigenvalue weighted by molar-refractivity contribution is 7.99. The maximum Gasteiger partial charge on any atom is 0.348 e. The van der Waals surface area contributed by atoms with E-state index in [9.17, 15) is 9.59 Å². The molecule has 21 heavy (non-hydrogen) atoms. The molecule has 1 aromatic rings. The van der Waals surface area contributed by atoms with Crippen LogP contribution in [0.25, 0.3) is 0 Å². The minimum Gasteiger partial charge on any atom is -0.481 e. The van der Waals surface area contributed by atoms with Crippen molar-refractivity contribution in [3.05, 3.63) is 27.4 Å². The molecule has 1 aromatic heterocycles. The highest BCUT2D eigenvalue weighted by Crippen LogP contribution is 2.35. The first-order valence-corrected chi connectivity index (χ1v) is 8.57. The highest BCUT2D eigenvalue weighted by atomic mass is 32.2. The van der Waals surface area contributed by atoms with Gasteiger partial charge in [0.2, 0.25) is 0 Å². The van der Waals surface area contributed by atoms with Crippen molar-refractivity contribution in [1.29, 1.82) is 0 Å². The third kappa shape index (κ3) is 3.31. The van der Waals surface area contributed by atoms with Crippen molar-refractivity contribution < 1.29 is 9.90 Å². The summed E-state index contributed by atoms with van der Waals surface area (Å²) in [5, 5.41) is 9.47. The van der Waals surface area contributed by atoms with Crippen LogP contribution in [0.4, 0.5) is 0 Å². The van der Waals surface area contributed by atoms with Crippen LogP contribution in [0, 0.1) is 13.8 Å². The van der Waals surface area contributed by atoms with Gasteiger partial charge in [0.1, 0.15) is 0 Å². The molecule has 0 aliphatic heterocycles. The minimum absolute atomic E-state index is 0.0817. The summed E-state index contributed by atoms with van der Waals surface area (Å²) in [6.07, 6.45) is 6.35. The van der Waals surface area contributed by atoms with Crippen molar-refractivity contribution in [1.82, 2.24) is 9.55 Å². The standard InChI is InChI=1S/C15H22N2O3S/c1-9-11(8-14(18)19)10(2)17(15(20)16-9)12-6-4-5-7-13(12)21-3/h12-13H,4-8H2,1-3H3,(H,18,19). The van der Waals surface area contributed by atoms with E-state index < -0.39 is 5.97 Å². The van der Waals surface area contributed by atoms with Crippen LogP contribution in [0.2, 0.25) is 0 Å². The number of carbonyl (C=O) groups is 1. The third-order valence-corrected chi connectivity index (χ3v) is 5.49. The Hall–Kier alpha value is -1.30. The zero-order valence-electron chi connectivity index (χ0n) is 12.8. The van der Waals surface area contributed by atoms with E-state index in [0.717, 1.165) is 25.0 Å². The predicted molar refractivity (Wildman–Crippen MR) is 84.1 cm³/mol. The van der Waals surface area contributed by atoms with Gasteiger partial charge < -0.3 is 5.11 Å². The average molecular weight is 310 g/mol. The quantitative estimate of drug-likeness (QED) is 0.924. The van der Waals surface area contributed by atoms with Crippen LogP contribution in [0.5, 0.6) is 0 Å². The van der Waals surface area contributed by atoms with E-state index in [1.165, 1.54) is 6.42 Å². The molecule has 1 saturated carbocycles. The lowest BCUT2D eigenvalue weighted by molar-refractivity contribution is -0.136. The topological polar surface area (TPSA) is 72.2 Å². The Bertz CT molecular complexity index is 597. The Morgan fingerprint density at radius 1 is 1.38 bits per heavy atom. The summed E-state index contributed by atoms with van der Waals surface area (Å²) in [5.41, 5.74) is 1.73. The van der Waals surface area contributed by atoms with Crippen molar-refractivity contribution >= 4 is 17.7 Å². The zero-order chi connectivity index (χ0) is 15.6. The molecule has 0 amide bonds. The summed E-state index contributed by atoms with van der Waals surface area (Å²) < 4.78 is 1.74. The molecule has 0 saturated heterocycles. The van der Waals surface area contributed by atoms with Crippen molar-refractivity contribution in [3.63, 3.8) is 0 Å². The summed E-state index contributed by atoms with van der Waals surface area (Å²) in [4.78, 5) is 27.5. The molecule has 5 nitrogen and oxygen atoms in total. The normalized spacial score (nSPS) is 22.2. The van der Waals surface area contributed by atoms with E-state index in [-0.39, 0.29) is 18.2 Å². The number of hydrogen-bond donors (Lipinski definition) is 1. The smallest absolute Gasteiger partial charge is 0.348 e. The molecule has 1 fully saturated rings. The summed E-state index contributed by atoms with van der Waals surface area (Å²) in [6, 6.07) is 0.127. The fourth-order valence-electron chi connectivity index (χ4n) is 3.26. The Balaban J connectivity index is 2.52. The monoisotopic (exact) mass is 310 g/mol. The molecule has 0 radical (unpaired) electrons.